The maximum Gasteiger partial charge on any atom is 0.472 e. The molecule has 9 heteroatoms. The number of unbranched alkanes of at least 4 members (excludes halogenated alkanes) is 10. The van der Waals surface area contributed by atoms with Crippen LogP contribution >= 0.6 is 7.82 Å². The zero-order valence-corrected chi connectivity index (χ0v) is 35.1. The van der Waals surface area contributed by atoms with Gasteiger partial charge in [0.05, 0.1) is 39.9 Å². The van der Waals surface area contributed by atoms with Crippen molar-refractivity contribution in [3.05, 3.63) is 85.1 Å². The van der Waals surface area contributed by atoms with E-state index in [4.69, 9.17) is 9.05 Å². The Labute approximate surface area is 325 Å². The zero-order chi connectivity index (χ0) is 39.3. The largest absolute Gasteiger partial charge is 0.472 e. The maximum atomic E-state index is 12.8. The molecule has 0 bridgehead atoms. The monoisotopic (exact) mass is 762 g/mol. The fraction of sp³-hybridized carbons (Fsp3) is 0.659. The van der Waals surface area contributed by atoms with E-state index in [0.717, 1.165) is 57.8 Å². The number of amides is 1. The van der Waals surface area contributed by atoms with Crippen LogP contribution < -0.4 is 5.32 Å². The number of carbonyl (C=O) groups excluding carboxylic acids is 1. The number of quaternary nitrogens is 1. The molecular formula is C44H78N2O6P+. The van der Waals surface area contributed by atoms with Crippen molar-refractivity contribution in [2.45, 2.75) is 148 Å². The predicted molar refractivity (Wildman–Crippen MR) is 226 cm³/mol. The Balaban J connectivity index is 4.67. The summed E-state index contributed by atoms with van der Waals surface area (Å²) in [6.07, 6.45) is 48.0. The summed E-state index contributed by atoms with van der Waals surface area (Å²) in [6.45, 7) is 4.59. The molecule has 0 fully saturated rings. The number of likely N-dealkylation sites (N-methyl/N-ethyl adjacent to an activating group) is 1. The van der Waals surface area contributed by atoms with Crippen LogP contribution in [0.5, 0.6) is 0 Å². The van der Waals surface area contributed by atoms with E-state index < -0.39 is 20.0 Å². The summed E-state index contributed by atoms with van der Waals surface area (Å²) in [5.41, 5.74) is 0. The summed E-state index contributed by atoms with van der Waals surface area (Å²) in [5.74, 6) is -0.249. The van der Waals surface area contributed by atoms with Crippen LogP contribution in [-0.2, 0) is 18.4 Å². The highest BCUT2D eigenvalue weighted by atomic mass is 31.2. The summed E-state index contributed by atoms with van der Waals surface area (Å²) in [7, 11) is 1.50. The molecule has 0 radical (unpaired) electrons. The van der Waals surface area contributed by atoms with E-state index in [1.807, 2.05) is 27.2 Å². The Morgan fingerprint density at radius 2 is 1.15 bits per heavy atom. The van der Waals surface area contributed by atoms with Crippen molar-refractivity contribution in [1.29, 1.82) is 0 Å². The van der Waals surface area contributed by atoms with Gasteiger partial charge >= 0.3 is 7.82 Å². The number of nitrogens with one attached hydrogen (secondary N) is 1. The van der Waals surface area contributed by atoms with E-state index in [9.17, 15) is 19.4 Å². The van der Waals surface area contributed by atoms with Gasteiger partial charge in [0, 0.05) is 6.42 Å². The standard InChI is InChI=1S/C44H77N2O6P/c1-6-8-10-12-14-16-18-20-22-23-24-26-28-30-32-34-36-38-44(48)45-42(41-52-53(49,50)51-40-39-46(3,4)5)43(47)37-35-33-31-29-27-25-21-19-17-15-13-11-9-7-2/h8,10,14,16,20,22,24,26-27,29-30,32,35,37,42-43,47H,6-7,9,11-13,15,17-19,21,23,25,28,31,33-34,36,38-41H2,1-5H3,(H-,45,48,49,50)/p+1/b10-8-,16-14-,22-20-,26-24-,29-27+,32-30-,37-35+. The molecule has 3 N–H and O–H groups in total. The number of phosphoric acid groups is 1. The number of allylic oxidation sites excluding steroid dienone is 13. The molecule has 0 aliphatic heterocycles. The summed E-state index contributed by atoms with van der Waals surface area (Å²) in [6, 6.07) is -0.896. The zero-order valence-electron chi connectivity index (χ0n) is 34.2. The van der Waals surface area contributed by atoms with E-state index in [1.165, 1.54) is 51.4 Å². The van der Waals surface area contributed by atoms with E-state index in [0.29, 0.717) is 17.4 Å². The summed E-state index contributed by atoms with van der Waals surface area (Å²) in [4.78, 5) is 23.0. The first-order valence-corrected chi connectivity index (χ1v) is 22.0. The molecule has 0 saturated heterocycles. The van der Waals surface area contributed by atoms with Crippen LogP contribution in [0.2, 0.25) is 0 Å². The second-order valence-corrected chi connectivity index (χ2v) is 16.1. The minimum absolute atomic E-state index is 0.0408. The van der Waals surface area contributed by atoms with Crippen LogP contribution in [0.15, 0.2) is 85.1 Å². The average molecular weight is 762 g/mol. The molecule has 0 rings (SSSR count). The van der Waals surface area contributed by atoms with Crippen molar-refractivity contribution in [1.82, 2.24) is 5.32 Å². The van der Waals surface area contributed by atoms with Gasteiger partial charge < -0.3 is 19.8 Å². The SMILES string of the molecule is CC/C=C\C/C=C\C/C=C\C/C=C\C/C=C\CCCC(=O)NC(COP(=O)(O)OCC[N+](C)(C)C)C(O)/C=C/CC/C=C/CCCCCCCCCC. The van der Waals surface area contributed by atoms with E-state index >= 15 is 0 Å². The molecule has 3 unspecified atom stereocenters. The number of hydrogen-bond donors (Lipinski definition) is 3. The van der Waals surface area contributed by atoms with Crippen molar-refractivity contribution in [2.75, 3.05) is 40.9 Å². The second-order valence-electron chi connectivity index (χ2n) is 14.6. The van der Waals surface area contributed by atoms with Crippen LogP contribution in [0.3, 0.4) is 0 Å². The van der Waals surface area contributed by atoms with E-state index in [2.05, 4.69) is 92.1 Å². The first-order chi connectivity index (χ1) is 25.5. The Hall–Kier alpha value is -2.32. The highest BCUT2D eigenvalue weighted by molar-refractivity contribution is 7.47. The predicted octanol–water partition coefficient (Wildman–Crippen LogP) is 11.0. The molecular weight excluding hydrogens is 683 g/mol. The number of aliphatic hydroxyl groups is 1. The Bertz CT molecular complexity index is 1140. The van der Waals surface area contributed by atoms with Crippen LogP contribution in [0.4, 0.5) is 0 Å². The van der Waals surface area contributed by atoms with Gasteiger partial charge in [0.15, 0.2) is 0 Å². The van der Waals surface area contributed by atoms with E-state index in [1.54, 1.807) is 6.08 Å². The normalized spacial score (nSPS) is 15.4. The van der Waals surface area contributed by atoms with Crippen molar-refractivity contribution < 1.29 is 32.9 Å². The van der Waals surface area contributed by atoms with Crippen molar-refractivity contribution >= 4 is 13.7 Å². The summed E-state index contributed by atoms with van der Waals surface area (Å²) in [5, 5.41) is 13.7. The lowest BCUT2D eigenvalue weighted by atomic mass is 10.1. The highest BCUT2D eigenvalue weighted by Gasteiger charge is 2.27. The number of nitrogens with zero attached hydrogens (tertiary/aromatic N) is 1. The topological polar surface area (TPSA) is 105 Å². The van der Waals surface area contributed by atoms with Gasteiger partial charge in [-0.2, -0.15) is 0 Å². The third-order valence-electron chi connectivity index (χ3n) is 8.35. The second kappa shape index (κ2) is 35.4. The molecule has 304 valence electrons. The molecule has 0 saturated carbocycles. The first-order valence-electron chi connectivity index (χ1n) is 20.5. The average Bonchev–Trinajstić information content (AvgIpc) is 3.10. The Morgan fingerprint density at radius 3 is 1.74 bits per heavy atom. The maximum absolute atomic E-state index is 12.8. The molecule has 53 heavy (non-hydrogen) atoms. The van der Waals surface area contributed by atoms with Crippen LogP contribution in [0, 0.1) is 0 Å². The van der Waals surface area contributed by atoms with E-state index in [-0.39, 0.29) is 25.5 Å². The molecule has 0 heterocycles. The summed E-state index contributed by atoms with van der Waals surface area (Å²) >= 11 is 0. The quantitative estimate of drug-likeness (QED) is 0.0257. The van der Waals surface area contributed by atoms with Crippen molar-refractivity contribution in [3.63, 3.8) is 0 Å². The molecule has 0 aromatic heterocycles. The lowest BCUT2D eigenvalue weighted by Gasteiger charge is -2.25. The fourth-order valence-electron chi connectivity index (χ4n) is 5.09. The first kappa shape index (κ1) is 50.7. The van der Waals surface area contributed by atoms with Gasteiger partial charge in [0.2, 0.25) is 5.91 Å². The molecule has 3 atom stereocenters. The fourth-order valence-corrected chi connectivity index (χ4v) is 5.83. The summed E-state index contributed by atoms with van der Waals surface area (Å²) < 4.78 is 23.4. The Morgan fingerprint density at radius 1 is 0.660 bits per heavy atom. The Kier molecular flexibility index (Phi) is 33.8. The molecule has 1 amide bonds. The minimum Gasteiger partial charge on any atom is -0.387 e. The lowest BCUT2D eigenvalue weighted by Crippen LogP contribution is -2.45. The van der Waals surface area contributed by atoms with Crippen LogP contribution in [0.1, 0.15) is 136 Å². The molecule has 0 aromatic carbocycles. The van der Waals surface area contributed by atoms with Gasteiger partial charge in [0.25, 0.3) is 0 Å². The number of rotatable bonds is 35. The van der Waals surface area contributed by atoms with Gasteiger partial charge in [-0.15, -0.1) is 0 Å². The van der Waals surface area contributed by atoms with Gasteiger partial charge in [0.1, 0.15) is 13.2 Å². The molecule has 0 aliphatic carbocycles. The van der Waals surface area contributed by atoms with Crippen LogP contribution in [-0.4, -0.2) is 73.4 Å². The third-order valence-corrected chi connectivity index (χ3v) is 9.33. The smallest absolute Gasteiger partial charge is 0.387 e. The van der Waals surface area contributed by atoms with Crippen molar-refractivity contribution in [2.24, 2.45) is 0 Å². The number of aliphatic hydroxyl groups excluding tert-OH is 1. The van der Waals surface area contributed by atoms with Crippen molar-refractivity contribution in [3.8, 4) is 0 Å². The lowest BCUT2D eigenvalue weighted by molar-refractivity contribution is -0.870. The highest BCUT2D eigenvalue weighted by Crippen LogP contribution is 2.43. The van der Waals surface area contributed by atoms with Crippen LogP contribution in [0.25, 0.3) is 0 Å². The third kappa shape index (κ3) is 37.8. The number of hydrogen-bond acceptors (Lipinski definition) is 5. The molecule has 0 aliphatic rings. The number of phosphoric ester groups is 1. The minimum atomic E-state index is -4.36. The molecule has 0 spiro atoms. The van der Waals surface area contributed by atoms with Gasteiger partial charge in [-0.25, -0.2) is 4.57 Å². The molecule has 0 aromatic rings. The van der Waals surface area contributed by atoms with Gasteiger partial charge in [-0.1, -0.05) is 144 Å². The van der Waals surface area contributed by atoms with Gasteiger partial charge in [-0.3, -0.25) is 13.8 Å². The molecule has 8 nitrogen and oxygen atoms in total. The number of carbonyl (C=O) groups is 1. The van der Waals surface area contributed by atoms with Gasteiger partial charge in [-0.05, 0) is 70.6 Å².